The molecule has 0 unspecified atom stereocenters. The number of hydrogen-bond acceptors (Lipinski definition) is 4. The Morgan fingerprint density at radius 1 is 1.33 bits per heavy atom. The van der Waals surface area contributed by atoms with Gasteiger partial charge in [-0.2, -0.15) is 5.26 Å². The highest BCUT2D eigenvalue weighted by atomic mass is 32.2. The number of aromatic nitrogens is 1. The lowest BCUT2D eigenvalue weighted by Gasteiger charge is -2.17. The van der Waals surface area contributed by atoms with Crippen LogP contribution < -0.4 is 0 Å². The first-order valence-electron chi connectivity index (χ1n) is 7.40. The largest absolute Gasteiger partial charge is 0.341 e. The molecule has 1 amide bonds. The van der Waals surface area contributed by atoms with Crippen LogP contribution in [0.15, 0.2) is 35.4 Å². The SMILES string of the molecule is Cc1cc(C)c(C#N)c(SCC(=O)N(C)Cc2ccc(F)cc2)n1. The van der Waals surface area contributed by atoms with Gasteiger partial charge in [0.15, 0.2) is 0 Å². The summed E-state index contributed by atoms with van der Waals surface area (Å²) in [5, 5.41) is 9.83. The summed E-state index contributed by atoms with van der Waals surface area (Å²) in [4.78, 5) is 18.2. The quantitative estimate of drug-likeness (QED) is 0.780. The minimum absolute atomic E-state index is 0.0748. The van der Waals surface area contributed by atoms with E-state index in [2.05, 4.69) is 11.1 Å². The molecular weight excluding hydrogens is 325 g/mol. The van der Waals surface area contributed by atoms with Gasteiger partial charge in [0.05, 0.1) is 11.3 Å². The predicted molar refractivity (Wildman–Crippen MR) is 92.0 cm³/mol. The maximum absolute atomic E-state index is 12.9. The standard InChI is InChI=1S/C18H18FN3OS/c1-12-8-13(2)21-18(16(12)9-20)24-11-17(23)22(3)10-14-4-6-15(19)7-5-14/h4-8H,10-11H2,1-3H3. The van der Waals surface area contributed by atoms with Crippen molar-refractivity contribution < 1.29 is 9.18 Å². The average Bonchev–Trinajstić information content (AvgIpc) is 2.54. The molecule has 2 rings (SSSR count). The molecular formula is C18H18FN3OS. The lowest BCUT2D eigenvalue weighted by atomic mass is 10.1. The van der Waals surface area contributed by atoms with E-state index in [4.69, 9.17) is 0 Å². The predicted octanol–water partition coefficient (Wildman–Crippen LogP) is 3.46. The van der Waals surface area contributed by atoms with Crippen molar-refractivity contribution in [1.82, 2.24) is 9.88 Å². The van der Waals surface area contributed by atoms with Crippen molar-refractivity contribution in [3.63, 3.8) is 0 Å². The van der Waals surface area contributed by atoms with Crippen LogP contribution in [0.2, 0.25) is 0 Å². The Morgan fingerprint density at radius 3 is 2.62 bits per heavy atom. The molecule has 1 aromatic heterocycles. The Kier molecular flexibility index (Phi) is 5.93. The summed E-state index contributed by atoms with van der Waals surface area (Å²) in [5.74, 6) is -0.176. The van der Waals surface area contributed by atoms with E-state index in [9.17, 15) is 14.4 Å². The molecule has 0 aliphatic carbocycles. The molecule has 1 heterocycles. The van der Waals surface area contributed by atoms with E-state index < -0.39 is 0 Å². The summed E-state index contributed by atoms with van der Waals surface area (Å²) in [6.45, 7) is 4.13. The Balaban J connectivity index is 2.00. The van der Waals surface area contributed by atoms with Gasteiger partial charge in [-0.15, -0.1) is 0 Å². The number of nitriles is 1. The first kappa shape index (κ1) is 18.0. The summed E-state index contributed by atoms with van der Waals surface area (Å²) in [6.07, 6.45) is 0. The lowest BCUT2D eigenvalue weighted by molar-refractivity contribution is -0.127. The van der Waals surface area contributed by atoms with E-state index in [-0.39, 0.29) is 17.5 Å². The number of amides is 1. The van der Waals surface area contributed by atoms with E-state index >= 15 is 0 Å². The molecule has 2 aromatic rings. The molecule has 24 heavy (non-hydrogen) atoms. The first-order valence-corrected chi connectivity index (χ1v) is 8.39. The van der Waals surface area contributed by atoms with Crippen LogP contribution in [0.3, 0.4) is 0 Å². The zero-order valence-corrected chi connectivity index (χ0v) is 14.7. The van der Waals surface area contributed by atoms with Crippen LogP contribution in [0.4, 0.5) is 4.39 Å². The average molecular weight is 343 g/mol. The zero-order valence-electron chi connectivity index (χ0n) is 13.8. The Morgan fingerprint density at radius 2 is 2.00 bits per heavy atom. The van der Waals surface area contributed by atoms with Gasteiger partial charge in [0.1, 0.15) is 16.9 Å². The van der Waals surface area contributed by atoms with Crippen molar-refractivity contribution in [2.24, 2.45) is 0 Å². The summed E-state index contributed by atoms with van der Waals surface area (Å²) in [6, 6.07) is 10.1. The van der Waals surface area contributed by atoms with Gasteiger partial charge in [-0.3, -0.25) is 4.79 Å². The smallest absolute Gasteiger partial charge is 0.233 e. The maximum Gasteiger partial charge on any atom is 0.233 e. The van der Waals surface area contributed by atoms with Crippen LogP contribution in [0.25, 0.3) is 0 Å². The number of benzene rings is 1. The monoisotopic (exact) mass is 343 g/mol. The fraction of sp³-hybridized carbons (Fsp3) is 0.278. The summed E-state index contributed by atoms with van der Waals surface area (Å²) >= 11 is 1.26. The number of carbonyl (C=O) groups excluding carboxylic acids is 1. The summed E-state index contributed by atoms with van der Waals surface area (Å²) in [7, 11) is 1.70. The molecule has 1 aromatic carbocycles. The highest BCUT2D eigenvalue weighted by Gasteiger charge is 2.14. The number of carbonyl (C=O) groups is 1. The van der Waals surface area contributed by atoms with E-state index in [1.165, 1.54) is 23.9 Å². The number of rotatable bonds is 5. The van der Waals surface area contributed by atoms with Gasteiger partial charge in [0, 0.05) is 19.3 Å². The number of pyridine rings is 1. The first-order chi connectivity index (χ1) is 11.4. The number of halogens is 1. The molecule has 124 valence electrons. The molecule has 0 saturated heterocycles. The number of nitrogens with zero attached hydrogens (tertiary/aromatic N) is 3. The second kappa shape index (κ2) is 7.93. The Bertz CT molecular complexity index is 784. The van der Waals surface area contributed by atoms with Crippen molar-refractivity contribution in [3.8, 4) is 6.07 Å². The van der Waals surface area contributed by atoms with E-state index in [1.54, 1.807) is 24.1 Å². The zero-order chi connectivity index (χ0) is 17.7. The number of hydrogen-bond donors (Lipinski definition) is 0. The molecule has 6 heteroatoms. The second-order valence-electron chi connectivity index (χ2n) is 5.54. The Labute approximate surface area is 145 Å². The summed E-state index contributed by atoms with van der Waals surface area (Å²) in [5.41, 5.74) is 3.06. The van der Waals surface area contributed by atoms with Gasteiger partial charge in [0.2, 0.25) is 5.91 Å². The molecule has 0 bridgehead atoms. The molecule has 4 nitrogen and oxygen atoms in total. The van der Waals surface area contributed by atoms with Crippen molar-refractivity contribution in [2.45, 2.75) is 25.4 Å². The van der Waals surface area contributed by atoms with Crippen LogP contribution in [0.5, 0.6) is 0 Å². The van der Waals surface area contributed by atoms with Crippen LogP contribution in [-0.2, 0) is 11.3 Å². The summed E-state index contributed by atoms with van der Waals surface area (Å²) < 4.78 is 12.9. The van der Waals surface area contributed by atoms with Gasteiger partial charge in [0.25, 0.3) is 0 Å². The number of thioether (sulfide) groups is 1. The third-order valence-electron chi connectivity index (χ3n) is 3.51. The number of aryl methyl sites for hydroxylation is 2. The molecule has 0 saturated carbocycles. The molecule has 0 aliphatic heterocycles. The van der Waals surface area contributed by atoms with E-state index in [0.29, 0.717) is 17.1 Å². The molecule has 0 aliphatic rings. The van der Waals surface area contributed by atoms with Crippen molar-refractivity contribution in [1.29, 1.82) is 5.26 Å². The highest BCUT2D eigenvalue weighted by molar-refractivity contribution is 8.00. The lowest BCUT2D eigenvalue weighted by Crippen LogP contribution is -2.27. The van der Waals surface area contributed by atoms with Crippen molar-refractivity contribution in [2.75, 3.05) is 12.8 Å². The second-order valence-corrected chi connectivity index (χ2v) is 6.50. The minimum Gasteiger partial charge on any atom is -0.341 e. The topological polar surface area (TPSA) is 57.0 Å². The van der Waals surface area contributed by atoms with Crippen LogP contribution in [-0.4, -0.2) is 28.6 Å². The van der Waals surface area contributed by atoms with Gasteiger partial charge in [-0.1, -0.05) is 23.9 Å². The molecule has 0 radical (unpaired) electrons. The van der Waals surface area contributed by atoms with Gasteiger partial charge >= 0.3 is 0 Å². The fourth-order valence-corrected chi connectivity index (χ4v) is 3.28. The third kappa shape index (κ3) is 4.56. The van der Waals surface area contributed by atoms with E-state index in [0.717, 1.165) is 16.8 Å². The third-order valence-corrected chi connectivity index (χ3v) is 4.47. The molecule has 0 atom stereocenters. The van der Waals surface area contributed by atoms with Crippen molar-refractivity contribution in [3.05, 3.63) is 58.5 Å². The highest BCUT2D eigenvalue weighted by Crippen LogP contribution is 2.24. The van der Waals surface area contributed by atoms with Crippen LogP contribution >= 0.6 is 11.8 Å². The van der Waals surface area contributed by atoms with Crippen molar-refractivity contribution >= 4 is 17.7 Å². The van der Waals surface area contributed by atoms with Gasteiger partial charge in [-0.05, 0) is 43.2 Å². The van der Waals surface area contributed by atoms with Gasteiger partial charge < -0.3 is 4.90 Å². The maximum atomic E-state index is 12.9. The van der Waals surface area contributed by atoms with Gasteiger partial charge in [-0.25, -0.2) is 9.37 Å². The van der Waals surface area contributed by atoms with Crippen LogP contribution in [0.1, 0.15) is 22.4 Å². The fourth-order valence-electron chi connectivity index (χ4n) is 2.24. The molecule has 0 fully saturated rings. The molecule has 0 spiro atoms. The Hall–Kier alpha value is -2.39. The van der Waals surface area contributed by atoms with Crippen LogP contribution in [0, 0.1) is 31.0 Å². The minimum atomic E-state index is -0.298. The molecule has 0 N–H and O–H groups in total. The normalized spacial score (nSPS) is 10.3. The van der Waals surface area contributed by atoms with E-state index in [1.807, 2.05) is 19.9 Å².